The van der Waals surface area contributed by atoms with Crippen LogP contribution >= 0.6 is 0 Å². The molecule has 0 bridgehead atoms. The number of sulfonamides is 1. The second-order valence-electron chi connectivity index (χ2n) is 5.22. The van der Waals surface area contributed by atoms with E-state index >= 15 is 0 Å². The Balaban J connectivity index is 1.92. The fourth-order valence-corrected chi connectivity index (χ4v) is 5.03. The molecule has 0 aliphatic carbocycles. The van der Waals surface area contributed by atoms with E-state index in [0.29, 0.717) is 52.1 Å². The summed E-state index contributed by atoms with van der Waals surface area (Å²) in [6, 6.07) is -0.167. The van der Waals surface area contributed by atoms with E-state index in [0.717, 1.165) is 6.26 Å². The topological polar surface area (TPSA) is 98.8 Å². The van der Waals surface area contributed by atoms with E-state index in [9.17, 15) is 16.8 Å². The molecule has 10 heteroatoms. The summed E-state index contributed by atoms with van der Waals surface area (Å²) in [5.41, 5.74) is 0. The van der Waals surface area contributed by atoms with Crippen molar-refractivity contribution in [2.75, 3.05) is 45.5 Å². The van der Waals surface area contributed by atoms with Gasteiger partial charge in [0.15, 0.2) is 0 Å². The van der Waals surface area contributed by atoms with Gasteiger partial charge < -0.3 is 5.32 Å². The van der Waals surface area contributed by atoms with Gasteiger partial charge >= 0.3 is 0 Å². The van der Waals surface area contributed by atoms with Crippen LogP contribution in [0.15, 0.2) is 0 Å². The van der Waals surface area contributed by atoms with Gasteiger partial charge in [-0.05, 0) is 12.8 Å². The standard InChI is InChI=1S/C10H22N4O4S2/c1-19(15,16)12-10-2-6-13(7-3-10)20(17,18)14-8-4-11-5-9-14/h10-12H,2-9H2,1H3. The van der Waals surface area contributed by atoms with Crippen molar-refractivity contribution in [3.63, 3.8) is 0 Å². The van der Waals surface area contributed by atoms with Gasteiger partial charge in [0, 0.05) is 45.3 Å². The summed E-state index contributed by atoms with van der Waals surface area (Å²) in [6.45, 7) is 3.04. The van der Waals surface area contributed by atoms with Crippen molar-refractivity contribution in [1.29, 1.82) is 0 Å². The average molecular weight is 326 g/mol. The smallest absolute Gasteiger partial charge is 0.282 e. The monoisotopic (exact) mass is 326 g/mol. The predicted octanol–water partition coefficient (Wildman–Crippen LogP) is -1.85. The Morgan fingerprint density at radius 2 is 1.45 bits per heavy atom. The lowest BCUT2D eigenvalue weighted by Gasteiger charge is -2.36. The molecule has 0 amide bonds. The lowest BCUT2D eigenvalue weighted by molar-refractivity contribution is 0.270. The van der Waals surface area contributed by atoms with E-state index in [1.807, 2.05) is 0 Å². The van der Waals surface area contributed by atoms with Crippen molar-refractivity contribution in [2.24, 2.45) is 0 Å². The van der Waals surface area contributed by atoms with Crippen LogP contribution in [0, 0.1) is 0 Å². The third-order valence-electron chi connectivity index (χ3n) is 3.56. The van der Waals surface area contributed by atoms with Gasteiger partial charge in [0.05, 0.1) is 6.26 Å². The molecule has 0 radical (unpaired) electrons. The second kappa shape index (κ2) is 6.24. The van der Waals surface area contributed by atoms with E-state index in [1.54, 1.807) is 0 Å². The van der Waals surface area contributed by atoms with Crippen molar-refractivity contribution in [3.8, 4) is 0 Å². The molecule has 2 fully saturated rings. The first-order valence-electron chi connectivity index (χ1n) is 6.72. The van der Waals surface area contributed by atoms with E-state index in [4.69, 9.17) is 0 Å². The van der Waals surface area contributed by atoms with Gasteiger partial charge in [-0.1, -0.05) is 0 Å². The first-order chi connectivity index (χ1) is 9.29. The molecule has 0 aromatic rings. The minimum atomic E-state index is -3.40. The molecular weight excluding hydrogens is 304 g/mol. The van der Waals surface area contributed by atoms with E-state index in [1.165, 1.54) is 8.61 Å². The maximum atomic E-state index is 12.4. The zero-order valence-electron chi connectivity index (χ0n) is 11.6. The number of piperazine rings is 1. The quantitative estimate of drug-likeness (QED) is 0.632. The first-order valence-corrected chi connectivity index (χ1v) is 10.0. The third kappa shape index (κ3) is 4.12. The van der Waals surface area contributed by atoms with Gasteiger partial charge in [-0.15, -0.1) is 0 Å². The summed E-state index contributed by atoms with van der Waals surface area (Å²) >= 11 is 0. The molecule has 0 unspecified atom stereocenters. The summed E-state index contributed by atoms with van der Waals surface area (Å²) in [5.74, 6) is 0. The van der Waals surface area contributed by atoms with Crippen molar-refractivity contribution in [2.45, 2.75) is 18.9 Å². The van der Waals surface area contributed by atoms with Crippen LogP contribution in [0.2, 0.25) is 0 Å². The summed E-state index contributed by atoms with van der Waals surface area (Å²) in [7, 11) is -6.64. The molecule has 0 aromatic heterocycles. The fourth-order valence-electron chi connectivity index (χ4n) is 2.55. The summed E-state index contributed by atoms with van der Waals surface area (Å²) in [6.07, 6.45) is 2.15. The highest BCUT2D eigenvalue weighted by molar-refractivity contribution is 7.88. The molecule has 20 heavy (non-hydrogen) atoms. The van der Waals surface area contributed by atoms with E-state index in [2.05, 4.69) is 10.0 Å². The number of nitrogens with one attached hydrogen (secondary N) is 2. The van der Waals surface area contributed by atoms with Crippen LogP contribution in [-0.4, -0.2) is 77.0 Å². The first kappa shape index (κ1) is 16.1. The van der Waals surface area contributed by atoms with Gasteiger partial charge in [0.2, 0.25) is 10.0 Å². The molecule has 2 aliphatic heterocycles. The Kier molecular flexibility index (Phi) is 5.03. The van der Waals surface area contributed by atoms with E-state index in [-0.39, 0.29) is 6.04 Å². The average Bonchev–Trinajstić information content (AvgIpc) is 2.38. The molecule has 2 heterocycles. The van der Waals surface area contributed by atoms with Crippen molar-refractivity contribution in [1.82, 2.24) is 18.6 Å². The van der Waals surface area contributed by atoms with Gasteiger partial charge in [0.25, 0.3) is 10.2 Å². The highest BCUT2D eigenvalue weighted by Gasteiger charge is 2.33. The number of rotatable bonds is 4. The van der Waals surface area contributed by atoms with Crippen LogP contribution in [0.1, 0.15) is 12.8 Å². The maximum Gasteiger partial charge on any atom is 0.282 e. The Labute approximate surface area is 120 Å². The minimum absolute atomic E-state index is 0.167. The van der Waals surface area contributed by atoms with Crippen LogP contribution in [0.3, 0.4) is 0 Å². The van der Waals surface area contributed by atoms with Gasteiger partial charge in [-0.3, -0.25) is 0 Å². The lowest BCUT2D eigenvalue weighted by Crippen LogP contribution is -2.54. The highest BCUT2D eigenvalue weighted by Crippen LogP contribution is 2.17. The molecule has 2 N–H and O–H groups in total. The molecular formula is C10H22N4O4S2. The molecule has 0 aromatic carbocycles. The summed E-state index contributed by atoms with van der Waals surface area (Å²) in [4.78, 5) is 0. The van der Waals surface area contributed by atoms with Crippen LogP contribution in [0.5, 0.6) is 0 Å². The SMILES string of the molecule is CS(=O)(=O)NC1CCN(S(=O)(=O)N2CCNCC2)CC1. The van der Waals surface area contributed by atoms with Crippen molar-refractivity contribution < 1.29 is 16.8 Å². The van der Waals surface area contributed by atoms with Crippen LogP contribution in [0.4, 0.5) is 0 Å². The highest BCUT2D eigenvalue weighted by atomic mass is 32.2. The Morgan fingerprint density at radius 3 is 1.95 bits per heavy atom. The fraction of sp³-hybridized carbons (Fsp3) is 1.00. The summed E-state index contributed by atoms with van der Waals surface area (Å²) in [5, 5.41) is 3.12. The molecule has 8 nitrogen and oxygen atoms in total. The Bertz CT molecular complexity index is 519. The third-order valence-corrected chi connectivity index (χ3v) is 6.36. The normalized spacial score (nSPS) is 24.9. The molecule has 2 aliphatic rings. The van der Waals surface area contributed by atoms with Crippen molar-refractivity contribution in [3.05, 3.63) is 0 Å². The summed E-state index contributed by atoms with van der Waals surface area (Å²) < 4.78 is 52.7. The Morgan fingerprint density at radius 1 is 0.950 bits per heavy atom. The second-order valence-corrected chi connectivity index (χ2v) is 8.93. The number of hydrogen-bond donors (Lipinski definition) is 2. The van der Waals surface area contributed by atoms with E-state index < -0.39 is 20.2 Å². The molecule has 118 valence electrons. The minimum Gasteiger partial charge on any atom is -0.314 e. The van der Waals surface area contributed by atoms with Gasteiger partial charge in [-0.25, -0.2) is 13.1 Å². The molecule has 0 atom stereocenters. The van der Waals surface area contributed by atoms with Crippen molar-refractivity contribution >= 4 is 20.2 Å². The number of nitrogens with zero attached hydrogens (tertiary/aromatic N) is 2. The number of hydrogen-bond acceptors (Lipinski definition) is 5. The van der Waals surface area contributed by atoms with Gasteiger partial charge in [0.1, 0.15) is 0 Å². The lowest BCUT2D eigenvalue weighted by atomic mass is 10.1. The van der Waals surface area contributed by atoms with Crippen LogP contribution < -0.4 is 10.0 Å². The molecule has 2 rings (SSSR count). The predicted molar refractivity (Wildman–Crippen MR) is 75.9 cm³/mol. The zero-order chi connectivity index (χ0) is 14.8. The zero-order valence-corrected chi connectivity index (χ0v) is 13.2. The maximum absolute atomic E-state index is 12.4. The molecule has 0 spiro atoms. The van der Waals surface area contributed by atoms with Crippen LogP contribution in [-0.2, 0) is 20.2 Å². The molecule has 2 saturated heterocycles. The Hall–Kier alpha value is -0.260. The largest absolute Gasteiger partial charge is 0.314 e. The number of piperidine rings is 1. The van der Waals surface area contributed by atoms with Crippen LogP contribution in [0.25, 0.3) is 0 Å². The molecule has 0 saturated carbocycles. The van der Waals surface area contributed by atoms with Gasteiger partial charge in [-0.2, -0.15) is 17.0 Å².